The first kappa shape index (κ1) is 20.0. The highest BCUT2D eigenvalue weighted by molar-refractivity contribution is 7.99. The van der Waals surface area contributed by atoms with Crippen molar-refractivity contribution in [3.05, 3.63) is 21.3 Å². The van der Waals surface area contributed by atoms with Crippen LogP contribution < -0.4 is 4.90 Å². The van der Waals surface area contributed by atoms with Gasteiger partial charge >= 0.3 is 0 Å². The van der Waals surface area contributed by atoms with Crippen molar-refractivity contribution in [2.75, 3.05) is 30.8 Å². The standard InChI is InChI=1S/C19H26ClN5OS2/c1-13-7-9-24(10-8-13)18-21-22-19(25(18)14-3-4-14)27-12-17(26)23(2)11-15-5-6-16(20)28-15/h5-6,13-14H,3-4,7-12H2,1-2H3. The molecular formula is C19H26ClN5OS2. The van der Waals surface area contributed by atoms with Crippen LogP contribution in [0.3, 0.4) is 0 Å². The van der Waals surface area contributed by atoms with Gasteiger partial charge in [-0.15, -0.1) is 21.5 Å². The van der Waals surface area contributed by atoms with Crippen LogP contribution in [0.2, 0.25) is 4.34 Å². The Kier molecular flexibility index (Phi) is 6.18. The third kappa shape index (κ3) is 4.66. The molecule has 28 heavy (non-hydrogen) atoms. The molecule has 1 amide bonds. The van der Waals surface area contributed by atoms with Crippen LogP contribution in [0.1, 0.15) is 43.5 Å². The Morgan fingerprint density at radius 1 is 1.29 bits per heavy atom. The van der Waals surface area contributed by atoms with Gasteiger partial charge in [0.05, 0.1) is 16.6 Å². The molecule has 1 aliphatic heterocycles. The number of thioether (sulfide) groups is 1. The number of rotatable bonds is 7. The molecule has 9 heteroatoms. The molecule has 1 saturated heterocycles. The Bertz CT molecular complexity index is 826. The lowest BCUT2D eigenvalue weighted by Crippen LogP contribution is -2.34. The van der Waals surface area contributed by atoms with Gasteiger partial charge in [-0.3, -0.25) is 9.36 Å². The average Bonchev–Trinajstić information content (AvgIpc) is 3.30. The topological polar surface area (TPSA) is 54.3 Å². The summed E-state index contributed by atoms with van der Waals surface area (Å²) in [5.74, 6) is 2.24. The summed E-state index contributed by atoms with van der Waals surface area (Å²) in [6.45, 7) is 4.99. The summed E-state index contributed by atoms with van der Waals surface area (Å²) in [5.41, 5.74) is 0. The van der Waals surface area contributed by atoms with Crippen molar-refractivity contribution in [1.29, 1.82) is 0 Å². The monoisotopic (exact) mass is 439 g/mol. The maximum Gasteiger partial charge on any atom is 0.233 e. The van der Waals surface area contributed by atoms with Gasteiger partial charge in [-0.05, 0) is 43.7 Å². The molecule has 1 saturated carbocycles. The zero-order valence-electron chi connectivity index (χ0n) is 16.3. The van der Waals surface area contributed by atoms with Gasteiger partial charge in [0, 0.05) is 31.1 Å². The van der Waals surface area contributed by atoms with Gasteiger partial charge in [0.15, 0.2) is 5.16 Å². The number of piperidine rings is 1. The molecule has 0 radical (unpaired) electrons. The van der Waals surface area contributed by atoms with Crippen LogP contribution in [0.4, 0.5) is 5.95 Å². The summed E-state index contributed by atoms with van der Waals surface area (Å²) in [6, 6.07) is 4.34. The highest BCUT2D eigenvalue weighted by atomic mass is 35.5. The van der Waals surface area contributed by atoms with Crippen LogP contribution in [-0.2, 0) is 11.3 Å². The molecule has 0 bridgehead atoms. The third-order valence-electron chi connectivity index (χ3n) is 5.40. The summed E-state index contributed by atoms with van der Waals surface area (Å²) in [4.78, 5) is 17.8. The summed E-state index contributed by atoms with van der Waals surface area (Å²) in [7, 11) is 1.84. The van der Waals surface area contributed by atoms with E-state index in [2.05, 4.69) is 26.6 Å². The van der Waals surface area contributed by atoms with Crippen LogP contribution in [0.25, 0.3) is 0 Å². The Labute approximate surface area is 179 Å². The van der Waals surface area contributed by atoms with Crippen LogP contribution in [-0.4, -0.2) is 51.5 Å². The number of carbonyl (C=O) groups excluding carboxylic acids is 1. The van der Waals surface area contributed by atoms with Gasteiger partial charge in [-0.1, -0.05) is 30.3 Å². The van der Waals surface area contributed by atoms with Crippen molar-refractivity contribution in [3.8, 4) is 0 Å². The Balaban J connectivity index is 1.38. The van der Waals surface area contributed by atoms with Crippen molar-refractivity contribution in [1.82, 2.24) is 19.7 Å². The van der Waals surface area contributed by atoms with E-state index in [0.717, 1.165) is 39.3 Å². The third-order valence-corrected chi connectivity index (χ3v) is 7.54. The van der Waals surface area contributed by atoms with E-state index < -0.39 is 0 Å². The molecule has 0 atom stereocenters. The SMILES string of the molecule is CC1CCN(c2nnc(SCC(=O)N(C)Cc3ccc(Cl)s3)n2C2CC2)CC1. The fraction of sp³-hybridized carbons (Fsp3) is 0.632. The van der Waals surface area contributed by atoms with E-state index in [9.17, 15) is 4.79 Å². The minimum Gasteiger partial charge on any atom is -0.341 e. The predicted molar refractivity (Wildman–Crippen MR) is 115 cm³/mol. The molecule has 4 rings (SSSR count). The van der Waals surface area contributed by atoms with Crippen LogP contribution in [0.15, 0.2) is 17.3 Å². The number of aromatic nitrogens is 3. The molecule has 2 aliphatic rings. The number of thiophene rings is 1. The average molecular weight is 440 g/mol. The minimum atomic E-state index is 0.0909. The summed E-state index contributed by atoms with van der Waals surface area (Å²) in [6.07, 6.45) is 4.76. The van der Waals surface area contributed by atoms with E-state index >= 15 is 0 Å². The molecule has 2 aromatic rings. The molecule has 0 spiro atoms. The van der Waals surface area contributed by atoms with Crippen molar-refractivity contribution in [3.63, 3.8) is 0 Å². The lowest BCUT2D eigenvalue weighted by atomic mass is 10.00. The molecule has 0 unspecified atom stereocenters. The minimum absolute atomic E-state index is 0.0909. The Hall–Kier alpha value is -1.25. The van der Waals surface area contributed by atoms with Gasteiger partial charge in [0.1, 0.15) is 0 Å². The normalized spacial score (nSPS) is 17.9. The second-order valence-electron chi connectivity index (χ2n) is 7.80. The highest BCUT2D eigenvalue weighted by Gasteiger charge is 2.32. The van der Waals surface area contributed by atoms with E-state index in [0.29, 0.717) is 18.3 Å². The number of hydrogen-bond donors (Lipinski definition) is 0. The lowest BCUT2D eigenvalue weighted by Gasteiger charge is -2.31. The van der Waals surface area contributed by atoms with E-state index in [-0.39, 0.29) is 5.91 Å². The number of carbonyl (C=O) groups is 1. The molecular weight excluding hydrogens is 414 g/mol. The number of hydrogen-bond acceptors (Lipinski definition) is 6. The second-order valence-corrected chi connectivity index (χ2v) is 10.5. The van der Waals surface area contributed by atoms with Gasteiger partial charge < -0.3 is 9.80 Å². The summed E-state index contributed by atoms with van der Waals surface area (Å²) >= 11 is 9.00. The number of amides is 1. The highest BCUT2D eigenvalue weighted by Crippen LogP contribution is 2.41. The molecule has 6 nitrogen and oxygen atoms in total. The number of nitrogens with zero attached hydrogens (tertiary/aromatic N) is 5. The maximum absolute atomic E-state index is 12.6. The first-order valence-corrected chi connectivity index (χ1v) is 12.0. The van der Waals surface area contributed by atoms with Crippen LogP contribution >= 0.6 is 34.7 Å². The fourth-order valence-electron chi connectivity index (χ4n) is 3.44. The molecule has 0 N–H and O–H groups in total. The molecule has 152 valence electrons. The van der Waals surface area contributed by atoms with Crippen molar-refractivity contribution in [2.45, 2.75) is 50.4 Å². The zero-order chi connectivity index (χ0) is 19.7. The Morgan fingerprint density at radius 2 is 2.04 bits per heavy atom. The zero-order valence-corrected chi connectivity index (χ0v) is 18.7. The molecule has 2 fully saturated rings. The molecule has 0 aromatic carbocycles. The van der Waals surface area contributed by atoms with Crippen LogP contribution in [0.5, 0.6) is 0 Å². The van der Waals surface area contributed by atoms with Gasteiger partial charge in [-0.25, -0.2) is 0 Å². The van der Waals surface area contributed by atoms with E-state index in [4.69, 9.17) is 11.6 Å². The molecule has 1 aliphatic carbocycles. The molecule has 3 heterocycles. The van der Waals surface area contributed by atoms with Crippen molar-refractivity contribution >= 4 is 46.6 Å². The lowest BCUT2D eigenvalue weighted by molar-refractivity contribution is -0.127. The maximum atomic E-state index is 12.6. The number of anilines is 1. The summed E-state index contributed by atoms with van der Waals surface area (Å²) in [5, 5.41) is 9.81. The van der Waals surface area contributed by atoms with Gasteiger partial charge in [0.25, 0.3) is 0 Å². The smallest absolute Gasteiger partial charge is 0.233 e. The first-order chi connectivity index (χ1) is 13.5. The van der Waals surface area contributed by atoms with E-state index in [1.54, 1.807) is 4.90 Å². The second kappa shape index (κ2) is 8.63. The summed E-state index contributed by atoms with van der Waals surface area (Å²) < 4.78 is 3.02. The van der Waals surface area contributed by atoms with E-state index in [1.165, 1.54) is 48.8 Å². The molecule has 2 aromatic heterocycles. The van der Waals surface area contributed by atoms with Crippen molar-refractivity contribution < 1.29 is 4.79 Å². The van der Waals surface area contributed by atoms with Gasteiger partial charge in [-0.2, -0.15) is 0 Å². The van der Waals surface area contributed by atoms with Crippen molar-refractivity contribution in [2.24, 2.45) is 5.92 Å². The largest absolute Gasteiger partial charge is 0.341 e. The van der Waals surface area contributed by atoms with Gasteiger partial charge in [0.2, 0.25) is 11.9 Å². The number of halogens is 1. The fourth-order valence-corrected chi connectivity index (χ4v) is 5.52. The quantitative estimate of drug-likeness (QED) is 0.601. The Morgan fingerprint density at radius 3 is 2.68 bits per heavy atom. The predicted octanol–water partition coefficient (Wildman–Crippen LogP) is 4.31. The van der Waals surface area contributed by atoms with E-state index in [1.807, 2.05) is 19.2 Å². The van der Waals surface area contributed by atoms with Crippen LogP contribution in [0, 0.1) is 5.92 Å². The first-order valence-electron chi connectivity index (χ1n) is 9.82.